The molecule has 12 heavy (non-hydrogen) atoms. The van der Waals surface area contributed by atoms with Crippen molar-refractivity contribution < 1.29 is 4.79 Å². The summed E-state index contributed by atoms with van der Waals surface area (Å²) < 4.78 is 0. The van der Waals surface area contributed by atoms with Crippen molar-refractivity contribution in [2.45, 2.75) is 19.8 Å². The molecule has 0 spiro atoms. The number of hydrogen-bond acceptors (Lipinski definition) is 2. The van der Waals surface area contributed by atoms with Gasteiger partial charge in [-0.25, -0.2) is 0 Å². The lowest BCUT2D eigenvalue weighted by atomic mass is 9.99. The fraction of sp³-hybridized carbons (Fsp3) is 0.300. The third-order valence-corrected chi connectivity index (χ3v) is 1.92. The van der Waals surface area contributed by atoms with Gasteiger partial charge < -0.3 is 5.73 Å². The summed E-state index contributed by atoms with van der Waals surface area (Å²) >= 11 is 0. The summed E-state index contributed by atoms with van der Waals surface area (Å²) in [5.74, 6) is 0.366. The maximum atomic E-state index is 10.5. The van der Waals surface area contributed by atoms with Crippen LogP contribution in [0.4, 0.5) is 5.69 Å². The zero-order valence-electron chi connectivity index (χ0n) is 7.37. The Bertz CT molecular complexity index is 292. The van der Waals surface area contributed by atoms with E-state index in [1.807, 2.05) is 12.1 Å². The molecule has 0 aromatic heterocycles. The van der Waals surface area contributed by atoms with Gasteiger partial charge in [-0.2, -0.15) is 0 Å². The molecule has 1 rings (SSSR count). The third kappa shape index (κ3) is 1.47. The fourth-order valence-electron chi connectivity index (χ4n) is 1.21. The number of nitrogen functional groups attached to an aromatic ring is 1. The Hall–Kier alpha value is -1.31. The van der Waals surface area contributed by atoms with E-state index in [0.717, 1.165) is 11.8 Å². The lowest BCUT2D eigenvalue weighted by Crippen LogP contribution is -2.00. The van der Waals surface area contributed by atoms with Gasteiger partial charge in [0.05, 0.1) is 0 Å². The van der Waals surface area contributed by atoms with Crippen molar-refractivity contribution in [1.82, 2.24) is 0 Å². The molecule has 0 heterocycles. The van der Waals surface area contributed by atoms with E-state index in [4.69, 9.17) is 5.73 Å². The van der Waals surface area contributed by atoms with Crippen LogP contribution in [0.15, 0.2) is 18.2 Å². The molecule has 1 aromatic rings. The lowest BCUT2D eigenvalue weighted by Gasteiger charge is -2.09. The van der Waals surface area contributed by atoms with Crippen LogP contribution in [0.1, 0.15) is 35.7 Å². The highest BCUT2D eigenvalue weighted by Gasteiger charge is 2.06. The van der Waals surface area contributed by atoms with Crippen molar-refractivity contribution in [2.75, 3.05) is 5.73 Å². The monoisotopic (exact) mass is 163 g/mol. The summed E-state index contributed by atoms with van der Waals surface area (Å²) in [5.41, 5.74) is 8.00. The average Bonchev–Trinajstić information content (AvgIpc) is 2.04. The molecule has 2 heteroatoms. The summed E-state index contributed by atoms with van der Waals surface area (Å²) in [6.45, 7) is 4.11. The van der Waals surface area contributed by atoms with Crippen molar-refractivity contribution in [3.8, 4) is 0 Å². The van der Waals surface area contributed by atoms with Crippen LogP contribution in [0.5, 0.6) is 0 Å². The van der Waals surface area contributed by atoms with Crippen molar-refractivity contribution in [3.63, 3.8) is 0 Å². The molecule has 0 saturated carbocycles. The second-order valence-corrected chi connectivity index (χ2v) is 3.12. The van der Waals surface area contributed by atoms with Crippen LogP contribution in [-0.2, 0) is 0 Å². The Labute approximate surface area is 72.4 Å². The molecule has 0 saturated heterocycles. The predicted molar refractivity (Wildman–Crippen MR) is 50.3 cm³/mol. The zero-order chi connectivity index (χ0) is 9.14. The van der Waals surface area contributed by atoms with Gasteiger partial charge in [0, 0.05) is 11.3 Å². The smallest absolute Gasteiger partial charge is 0.152 e. The lowest BCUT2D eigenvalue weighted by molar-refractivity contribution is 0.112. The molecule has 2 N–H and O–H groups in total. The highest BCUT2D eigenvalue weighted by Crippen LogP contribution is 2.23. The molecule has 0 unspecified atom stereocenters. The minimum atomic E-state index is 0.366. The van der Waals surface area contributed by atoms with Crippen molar-refractivity contribution >= 4 is 12.0 Å². The van der Waals surface area contributed by atoms with Crippen LogP contribution in [0, 0.1) is 0 Å². The minimum absolute atomic E-state index is 0.366. The van der Waals surface area contributed by atoms with Crippen LogP contribution in [0.2, 0.25) is 0 Å². The second-order valence-electron chi connectivity index (χ2n) is 3.12. The van der Waals surface area contributed by atoms with E-state index in [1.54, 1.807) is 6.07 Å². The highest BCUT2D eigenvalue weighted by atomic mass is 16.1. The van der Waals surface area contributed by atoms with E-state index in [9.17, 15) is 4.79 Å². The number of rotatable bonds is 2. The maximum Gasteiger partial charge on any atom is 0.152 e. The first-order valence-electron chi connectivity index (χ1n) is 4.00. The quantitative estimate of drug-likeness (QED) is 0.536. The number of benzene rings is 1. The molecule has 0 aliphatic rings. The SMILES string of the molecule is CC(C)c1cccc(C=O)c1N. The predicted octanol–water partition coefficient (Wildman–Crippen LogP) is 2.20. The summed E-state index contributed by atoms with van der Waals surface area (Å²) in [6, 6.07) is 5.54. The molecule has 2 nitrogen and oxygen atoms in total. The van der Waals surface area contributed by atoms with E-state index in [1.165, 1.54) is 0 Å². The molecule has 64 valence electrons. The van der Waals surface area contributed by atoms with E-state index in [0.29, 0.717) is 17.2 Å². The van der Waals surface area contributed by atoms with Crippen LogP contribution in [0.25, 0.3) is 0 Å². The number of nitrogens with two attached hydrogens (primary N) is 1. The average molecular weight is 163 g/mol. The summed E-state index contributed by atoms with van der Waals surface area (Å²) in [6.07, 6.45) is 0.793. The van der Waals surface area contributed by atoms with Gasteiger partial charge in [0.25, 0.3) is 0 Å². The number of carbonyl (C=O) groups excluding carboxylic acids is 1. The Morgan fingerprint density at radius 2 is 2.08 bits per heavy atom. The first-order chi connectivity index (χ1) is 5.66. The molecule has 0 aliphatic heterocycles. The van der Waals surface area contributed by atoms with E-state index in [-0.39, 0.29) is 0 Å². The van der Waals surface area contributed by atoms with Crippen molar-refractivity contribution in [1.29, 1.82) is 0 Å². The summed E-state index contributed by atoms with van der Waals surface area (Å²) in [5, 5.41) is 0. The molecule has 0 atom stereocenters. The number of aldehydes is 1. The van der Waals surface area contributed by atoms with Crippen molar-refractivity contribution in [2.24, 2.45) is 0 Å². The van der Waals surface area contributed by atoms with E-state index in [2.05, 4.69) is 13.8 Å². The zero-order valence-corrected chi connectivity index (χ0v) is 7.37. The standard InChI is InChI=1S/C10H13NO/c1-7(2)9-5-3-4-8(6-12)10(9)11/h3-7H,11H2,1-2H3. The van der Waals surface area contributed by atoms with E-state index >= 15 is 0 Å². The number of anilines is 1. The molecule has 0 fully saturated rings. The van der Waals surface area contributed by atoms with Crippen molar-refractivity contribution in [3.05, 3.63) is 29.3 Å². The second kappa shape index (κ2) is 3.39. The van der Waals surface area contributed by atoms with Gasteiger partial charge in [-0.05, 0) is 17.5 Å². The molecule has 0 bridgehead atoms. The highest BCUT2D eigenvalue weighted by molar-refractivity contribution is 5.84. The fourth-order valence-corrected chi connectivity index (χ4v) is 1.21. The van der Waals surface area contributed by atoms with Gasteiger partial charge in [0.1, 0.15) is 0 Å². The number of carbonyl (C=O) groups is 1. The third-order valence-electron chi connectivity index (χ3n) is 1.92. The van der Waals surface area contributed by atoms with Gasteiger partial charge in [-0.3, -0.25) is 4.79 Å². The molecule has 0 amide bonds. The van der Waals surface area contributed by atoms with Crippen LogP contribution in [0.3, 0.4) is 0 Å². The Balaban J connectivity index is 3.22. The largest absolute Gasteiger partial charge is 0.398 e. The molecular weight excluding hydrogens is 150 g/mol. The van der Waals surface area contributed by atoms with Gasteiger partial charge in [0.2, 0.25) is 0 Å². The number of para-hydroxylation sites is 1. The van der Waals surface area contributed by atoms with Gasteiger partial charge in [-0.1, -0.05) is 26.0 Å². The minimum Gasteiger partial charge on any atom is -0.398 e. The summed E-state index contributed by atoms with van der Waals surface area (Å²) in [4.78, 5) is 10.5. The van der Waals surface area contributed by atoms with E-state index < -0.39 is 0 Å². The first-order valence-corrected chi connectivity index (χ1v) is 4.00. The molecular formula is C10H13NO. The van der Waals surface area contributed by atoms with Gasteiger partial charge in [0.15, 0.2) is 6.29 Å². The van der Waals surface area contributed by atoms with Crippen LogP contribution in [-0.4, -0.2) is 6.29 Å². The Kier molecular flexibility index (Phi) is 2.48. The maximum absolute atomic E-state index is 10.5. The molecule has 0 radical (unpaired) electrons. The van der Waals surface area contributed by atoms with Crippen LogP contribution < -0.4 is 5.73 Å². The van der Waals surface area contributed by atoms with Crippen LogP contribution >= 0.6 is 0 Å². The first kappa shape index (κ1) is 8.78. The Morgan fingerprint density at radius 3 is 2.58 bits per heavy atom. The van der Waals surface area contributed by atoms with Gasteiger partial charge >= 0.3 is 0 Å². The topological polar surface area (TPSA) is 43.1 Å². The Morgan fingerprint density at radius 1 is 1.42 bits per heavy atom. The van der Waals surface area contributed by atoms with Gasteiger partial charge in [-0.15, -0.1) is 0 Å². The summed E-state index contributed by atoms with van der Waals surface area (Å²) in [7, 11) is 0. The molecule has 0 aliphatic carbocycles. The number of hydrogen-bond donors (Lipinski definition) is 1. The molecule has 1 aromatic carbocycles. The normalized spacial score (nSPS) is 10.2.